The Morgan fingerprint density at radius 1 is 1.03 bits per heavy atom. The molecule has 0 unspecified atom stereocenters. The molecule has 7 heteroatoms. The number of ether oxygens (including phenoxy) is 1. The van der Waals surface area contributed by atoms with Crippen molar-refractivity contribution in [3.05, 3.63) is 41.0 Å². The van der Waals surface area contributed by atoms with Gasteiger partial charge in [-0.2, -0.15) is 13.2 Å². The highest BCUT2D eigenvalue weighted by Gasteiger charge is 2.79. The number of esters is 1. The van der Waals surface area contributed by atoms with Crippen molar-refractivity contribution in [2.75, 3.05) is 44.7 Å². The Morgan fingerprint density at radius 2 is 1.65 bits per heavy atom. The predicted molar refractivity (Wildman–Crippen MR) is 126 cm³/mol. The van der Waals surface area contributed by atoms with Crippen LogP contribution >= 0.6 is 0 Å². The molecule has 0 radical (unpaired) electrons. The molecule has 0 amide bonds. The Labute approximate surface area is 200 Å². The molecule has 186 valence electrons. The van der Waals surface area contributed by atoms with Gasteiger partial charge >= 0.3 is 12.1 Å². The van der Waals surface area contributed by atoms with E-state index in [1.165, 1.54) is 18.3 Å². The number of methoxy groups -OCH3 is 1. The van der Waals surface area contributed by atoms with Crippen LogP contribution < -0.4 is 4.90 Å². The van der Waals surface area contributed by atoms with Crippen LogP contribution in [0.3, 0.4) is 0 Å². The van der Waals surface area contributed by atoms with Crippen LogP contribution in [0.1, 0.15) is 62.7 Å². The lowest BCUT2D eigenvalue weighted by atomic mass is 9.31. The summed E-state index contributed by atoms with van der Waals surface area (Å²) < 4.78 is 45.2. The van der Waals surface area contributed by atoms with Gasteiger partial charge in [-0.15, -0.1) is 0 Å². The first-order chi connectivity index (χ1) is 16.0. The van der Waals surface area contributed by atoms with Crippen LogP contribution in [-0.4, -0.2) is 56.9 Å². The van der Waals surface area contributed by atoms with Gasteiger partial charge in [-0.25, -0.2) is 4.79 Å². The average molecular weight is 477 g/mol. The third-order valence-corrected chi connectivity index (χ3v) is 8.90. The van der Waals surface area contributed by atoms with Crippen LogP contribution in [0, 0.1) is 16.2 Å². The molecular formula is C27H35F3N2O2. The van der Waals surface area contributed by atoms with Crippen molar-refractivity contribution in [2.24, 2.45) is 16.2 Å². The summed E-state index contributed by atoms with van der Waals surface area (Å²) in [7, 11) is 1.38. The molecule has 4 fully saturated rings. The predicted octanol–water partition coefficient (Wildman–Crippen LogP) is 5.83. The van der Waals surface area contributed by atoms with Crippen LogP contribution in [-0.2, 0) is 4.74 Å². The summed E-state index contributed by atoms with van der Waals surface area (Å²) in [6, 6.07) is 7.52. The van der Waals surface area contributed by atoms with E-state index in [9.17, 15) is 18.0 Å². The van der Waals surface area contributed by atoms with Crippen LogP contribution in [0.2, 0.25) is 0 Å². The Balaban J connectivity index is 1.24. The van der Waals surface area contributed by atoms with Crippen molar-refractivity contribution in [1.29, 1.82) is 0 Å². The Kier molecular flexibility index (Phi) is 5.58. The van der Waals surface area contributed by atoms with E-state index in [1.807, 2.05) is 12.1 Å². The molecule has 4 aliphatic carbocycles. The first-order valence-electron chi connectivity index (χ1n) is 12.4. The second kappa shape index (κ2) is 8.00. The zero-order valence-electron chi connectivity index (χ0n) is 20.4. The van der Waals surface area contributed by atoms with Gasteiger partial charge in [-0.3, -0.25) is 4.90 Å². The van der Waals surface area contributed by atoms with Crippen LogP contribution in [0.15, 0.2) is 35.4 Å². The highest BCUT2D eigenvalue weighted by molar-refractivity contribution is 5.89. The van der Waals surface area contributed by atoms with Crippen molar-refractivity contribution in [2.45, 2.75) is 58.5 Å². The van der Waals surface area contributed by atoms with E-state index in [1.54, 1.807) is 12.1 Å². The number of hydrogen-bond donors (Lipinski definition) is 0. The molecule has 1 aromatic rings. The second-order valence-electron chi connectivity index (χ2n) is 11.8. The maximum Gasteiger partial charge on any atom is 0.394 e. The molecule has 2 bridgehead atoms. The van der Waals surface area contributed by atoms with Crippen LogP contribution in [0.5, 0.6) is 0 Å². The molecule has 1 heterocycles. The first-order valence-corrected chi connectivity index (χ1v) is 12.4. The van der Waals surface area contributed by atoms with Crippen molar-refractivity contribution in [3.63, 3.8) is 0 Å². The summed E-state index contributed by atoms with van der Waals surface area (Å²) >= 11 is 0. The number of allylic oxidation sites excluding steroid dienone is 1. The van der Waals surface area contributed by atoms with E-state index >= 15 is 0 Å². The minimum atomic E-state index is -4.05. The topological polar surface area (TPSA) is 32.8 Å². The lowest BCUT2D eigenvalue weighted by molar-refractivity contribution is -0.353. The number of benzene rings is 1. The first kappa shape index (κ1) is 23.7. The maximum atomic E-state index is 13.5. The zero-order valence-corrected chi connectivity index (χ0v) is 20.4. The van der Waals surface area contributed by atoms with Crippen molar-refractivity contribution in [1.82, 2.24) is 4.90 Å². The van der Waals surface area contributed by atoms with Gasteiger partial charge in [-0.05, 0) is 73.6 Å². The fourth-order valence-corrected chi connectivity index (χ4v) is 6.84. The fourth-order valence-electron chi connectivity index (χ4n) is 6.84. The van der Waals surface area contributed by atoms with Crippen LogP contribution in [0.25, 0.3) is 0 Å². The SMILES string of the molecule is COC(=O)c1ccc(N2CCN(CC3=C(C45CC(C(F)(F)F)(C4)C5)CC(C)(C)CC3)CC2)cc1. The Hall–Kier alpha value is -2.02. The van der Waals surface area contributed by atoms with Gasteiger partial charge in [0.2, 0.25) is 0 Å². The number of nitrogens with zero attached hydrogens (tertiary/aromatic N) is 2. The van der Waals surface area contributed by atoms with Gasteiger partial charge in [0, 0.05) is 38.4 Å². The monoisotopic (exact) mass is 476 g/mol. The maximum absolute atomic E-state index is 13.5. The van der Waals surface area contributed by atoms with E-state index < -0.39 is 11.6 Å². The molecule has 4 nitrogen and oxygen atoms in total. The number of carbonyl (C=O) groups excluding carboxylic acids is 1. The van der Waals surface area contributed by atoms with Gasteiger partial charge in [0.25, 0.3) is 0 Å². The Morgan fingerprint density at radius 3 is 2.21 bits per heavy atom. The largest absolute Gasteiger partial charge is 0.465 e. The van der Waals surface area contributed by atoms with Gasteiger partial charge in [0.05, 0.1) is 18.1 Å². The minimum absolute atomic E-state index is 0.175. The third-order valence-electron chi connectivity index (χ3n) is 8.90. The summed E-state index contributed by atoms with van der Waals surface area (Å²) in [4.78, 5) is 16.5. The van der Waals surface area contributed by atoms with Crippen LogP contribution in [0.4, 0.5) is 18.9 Å². The van der Waals surface area contributed by atoms with Crippen molar-refractivity contribution in [3.8, 4) is 0 Å². The lowest BCUT2D eigenvalue weighted by Gasteiger charge is -2.72. The minimum Gasteiger partial charge on any atom is -0.465 e. The molecular weight excluding hydrogens is 441 g/mol. The number of rotatable bonds is 5. The van der Waals surface area contributed by atoms with Gasteiger partial charge in [-0.1, -0.05) is 25.0 Å². The lowest BCUT2D eigenvalue weighted by Crippen LogP contribution is -2.69. The molecule has 5 aliphatic rings. The summed E-state index contributed by atoms with van der Waals surface area (Å²) in [6.45, 7) is 9.07. The quantitative estimate of drug-likeness (QED) is 0.395. The van der Waals surface area contributed by atoms with E-state index in [-0.39, 0.29) is 16.8 Å². The number of alkyl halides is 3. The number of halogens is 3. The Bertz CT molecular complexity index is 968. The molecule has 0 N–H and O–H groups in total. The molecule has 3 saturated carbocycles. The summed E-state index contributed by atoms with van der Waals surface area (Å²) in [5.74, 6) is -0.332. The van der Waals surface area contributed by atoms with E-state index in [0.717, 1.165) is 57.7 Å². The normalized spacial score (nSPS) is 31.1. The summed E-state index contributed by atoms with van der Waals surface area (Å²) in [5.41, 5.74) is 3.05. The molecule has 34 heavy (non-hydrogen) atoms. The molecule has 6 rings (SSSR count). The third kappa shape index (κ3) is 3.94. The van der Waals surface area contributed by atoms with Crippen molar-refractivity contribution >= 4 is 11.7 Å². The average Bonchev–Trinajstić information content (AvgIpc) is 2.72. The summed E-state index contributed by atoms with van der Waals surface area (Å²) in [5, 5.41) is 0. The molecule has 0 spiro atoms. The summed E-state index contributed by atoms with van der Waals surface area (Å²) in [6.07, 6.45) is -0.0414. The van der Waals surface area contributed by atoms with Gasteiger partial charge in [0.1, 0.15) is 0 Å². The number of piperazine rings is 1. The highest BCUT2D eigenvalue weighted by atomic mass is 19.4. The molecule has 0 aromatic heterocycles. The van der Waals surface area contributed by atoms with E-state index in [0.29, 0.717) is 24.8 Å². The number of hydrogen-bond acceptors (Lipinski definition) is 4. The van der Waals surface area contributed by atoms with Gasteiger partial charge < -0.3 is 9.64 Å². The van der Waals surface area contributed by atoms with E-state index in [2.05, 4.69) is 23.6 Å². The van der Waals surface area contributed by atoms with Gasteiger partial charge in [0.15, 0.2) is 0 Å². The number of anilines is 1. The highest BCUT2D eigenvalue weighted by Crippen LogP contribution is 2.82. The standard InChI is InChI=1S/C27H35F3N2O2/c1-24(2)9-8-20(22(14-24)25-16-26(17-25,18-25)27(28,29)30)15-31-10-12-32(13-11-31)21-6-4-19(5-7-21)23(33)34-3/h4-7H,8-18H2,1-3H3. The second-order valence-corrected chi connectivity index (χ2v) is 11.8. The fraction of sp³-hybridized carbons (Fsp3) is 0.667. The van der Waals surface area contributed by atoms with E-state index in [4.69, 9.17) is 4.74 Å². The molecule has 0 atom stereocenters. The molecule has 1 aromatic carbocycles. The molecule has 1 saturated heterocycles. The van der Waals surface area contributed by atoms with Crippen molar-refractivity contribution < 1.29 is 22.7 Å². The number of carbonyl (C=O) groups is 1. The molecule has 1 aliphatic heterocycles. The smallest absolute Gasteiger partial charge is 0.394 e. The zero-order chi connectivity index (χ0) is 24.4.